The van der Waals surface area contributed by atoms with Crippen molar-refractivity contribution < 1.29 is 24.5 Å². The third-order valence-corrected chi connectivity index (χ3v) is 3.83. The molecule has 0 spiro atoms. The number of hydrogen-bond acceptors (Lipinski definition) is 3. The molecule has 5 nitrogen and oxygen atoms in total. The van der Waals surface area contributed by atoms with Crippen molar-refractivity contribution in [2.45, 2.75) is 13.3 Å². The molecule has 116 valence electrons. The van der Waals surface area contributed by atoms with Crippen molar-refractivity contribution in [1.29, 1.82) is 0 Å². The minimum absolute atomic E-state index is 0.0319. The summed E-state index contributed by atoms with van der Waals surface area (Å²) in [5.74, 6) is -1.73. The molecule has 0 bridgehead atoms. The first-order valence-corrected chi connectivity index (χ1v) is 6.88. The Morgan fingerprint density at radius 3 is 2.55 bits per heavy atom. The first-order chi connectivity index (χ1) is 10.3. The molecule has 2 N–H and O–H groups in total. The third-order valence-electron chi connectivity index (χ3n) is 3.60. The molecule has 0 aliphatic heterocycles. The van der Waals surface area contributed by atoms with Crippen molar-refractivity contribution in [3.05, 3.63) is 46.5 Å². The zero-order valence-electron chi connectivity index (χ0n) is 12.1. The van der Waals surface area contributed by atoms with Gasteiger partial charge in [0.05, 0.1) is 12.5 Å². The van der Waals surface area contributed by atoms with E-state index in [1.54, 1.807) is 18.2 Å². The molecule has 1 aliphatic rings. The highest BCUT2D eigenvalue weighted by molar-refractivity contribution is 6.30. The standard InChI is InChI=1S/C16H15ClO5/c1-16(15(20)21)7-9(5-10(8-16)14(18)19)12-6-11(17)3-4-13(12)22-2/h3-7H,8H2,1-2H3,(H,18,19)(H,20,21). The van der Waals surface area contributed by atoms with Crippen LogP contribution in [0.25, 0.3) is 5.57 Å². The summed E-state index contributed by atoms with van der Waals surface area (Å²) in [6, 6.07) is 4.92. The number of hydrogen-bond donors (Lipinski definition) is 2. The van der Waals surface area contributed by atoms with Gasteiger partial charge in [0.2, 0.25) is 0 Å². The molecule has 0 saturated heterocycles. The number of allylic oxidation sites excluding steroid dienone is 2. The maximum atomic E-state index is 11.5. The van der Waals surface area contributed by atoms with Gasteiger partial charge in [-0.2, -0.15) is 0 Å². The SMILES string of the molecule is COc1ccc(Cl)cc1C1=CC(C)(C(=O)O)CC(C(=O)O)=C1. The molecule has 0 radical (unpaired) electrons. The van der Waals surface area contributed by atoms with Crippen molar-refractivity contribution in [3.8, 4) is 5.75 Å². The molecule has 1 aromatic carbocycles. The number of ether oxygens (including phenoxy) is 1. The highest BCUT2D eigenvalue weighted by atomic mass is 35.5. The smallest absolute Gasteiger partial charge is 0.331 e. The van der Waals surface area contributed by atoms with E-state index in [1.165, 1.54) is 26.2 Å². The summed E-state index contributed by atoms with van der Waals surface area (Å²) in [5, 5.41) is 19.1. The molecule has 1 atom stereocenters. The fourth-order valence-corrected chi connectivity index (χ4v) is 2.58. The number of methoxy groups -OCH3 is 1. The Kier molecular flexibility index (Phi) is 4.28. The highest BCUT2D eigenvalue weighted by Crippen LogP contribution is 2.40. The average molecular weight is 323 g/mol. The first-order valence-electron chi connectivity index (χ1n) is 6.51. The fraction of sp³-hybridized carbons (Fsp3) is 0.250. The van der Waals surface area contributed by atoms with Crippen LogP contribution < -0.4 is 4.74 Å². The number of carbonyl (C=O) groups is 2. The molecule has 0 amide bonds. The normalized spacial score (nSPS) is 20.9. The Labute approximate surface area is 132 Å². The maximum Gasteiger partial charge on any atom is 0.331 e. The molecular weight excluding hydrogens is 308 g/mol. The monoisotopic (exact) mass is 322 g/mol. The number of carboxylic acids is 2. The molecular formula is C16H15ClO5. The van der Waals surface area contributed by atoms with Crippen LogP contribution in [0, 0.1) is 5.41 Å². The lowest BCUT2D eigenvalue weighted by Crippen LogP contribution is -2.29. The third kappa shape index (κ3) is 2.99. The Morgan fingerprint density at radius 2 is 2.00 bits per heavy atom. The van der Waals surface area contributed by atoms with E-state index in [1.807, 2.05) is 0 Å². The summed E-state index contributed by atoms with van der Waals surface area (Å²) in [4.78, 5) is 22.8. The second kappa shape index (κ2) is 5.85. The number of carboxylic acid groups (broad SMARTS) is 2. The Hall–Kier alpha value is -2.27. The van der Waals surface area contributed by atoms with E-state index in [9.17, 15) is 19.8 Å². The van der Waals surface area contributed by atoms with Crippen LogP contribution in [0.2, 0.25) is 5.02 Å². The van der Waals surface area contributed by atoms with E-state index in [0.717, 1.165) is 0 Å². The molecule has 1 aliphatic carbocycles. The van der Waals surface area contributed by atoms with Crippen LogP contribution in [0.15, 0.2) is 35.9 Å². The molecule has 0 saturated carbocycles. The van der Waals surface area contributed by atoms with E-state index in [4.69, 9.17) is 16.3 Å². The number of aliphatic carboxylic acids is 2. The van der Waals surface area contributed by atoms with Gasteiger partial charge in [-0.1, -0.05) is 17.7 Å². The van der Waals surface area contributed by atoms with Crippen LogP contribution in [0.1, 0.15) is 18.9 Å². The molecule has 22 heavy (non-hydrogen) atoms. The first kappa shape index (κ1) is 16.1. The van der Waals surface area contributed by atoms with Gasteiger partial charge >= 0.3 is 11.9 Å². The summed E-state index contributed by atoms with van der Waals surface area (Å²) < 4.78 is 5.25. The number of halogens is 1. The van der Waals surface area contributed by atoms with Crippen LogP contribution in [0.5, 0.6) is 5.75 Å². The summed E-state index contributed by atoms with van der Waals surface area (Å²) in [5.41, 5.74) is -0.247. The van der Waals surface area contributed by atoms with Crippen molar-refractivity contribution in [1.82, 2.24) is 0 Å². The summed E-state index contributed by atoms with van der Waals surface area (Å²) in [6.07, 6.45) is 2.92. The van der Waals surface area contributed by atoms with Gasteiger partial charge in [0.25, 0.3) is 0 Å². The average Bonchev–Trinajstić information content (AvgIpc) is 2.46. The van der Waals surface area contributed by atoms with Crippen molar-refractivity contribution in [2.24, 2.45) is 5.41 Å². The van der Waals surface area contributed by atoms with Gasteiger partial charge in [-0.3, -0.25) is 4.79 Å². The van der Waals surface area contributed by atoms with Gasteiger partial charge in [0.1, 0.15) is 5.75 Å². The van der Waals surface area contributed by atoms with Gasteiger partial charge in [0, 0.05) is 16.2 Å². The second-order valence-corrected chi connectivity index (χ2v) is 5.75. The number of rotatable bonds is 4. The van der Waals surface area contributed by atoms with Crippen LogP contribution in [-0.4, -0.2) is 29.3 Å². The molecule has 0 heterocycles. The minimum atomic E-state index is -1.30. The molecule has 1 unspecified atom stereocenters. The predicted octanol–water partition coefficient (Wildman–Crippen LogP) is 3.24. The van der Waals surface area contributed by atoms with Crippen LogP contribution in [0.3, 0.4) is 0 Å². The van der Waals surface area contributed by atoms with Crippen molar-refractivity contribution >= 4 is 29.1 Å². The van der Waals surface area contributed by atoms with E-state index in [0.29, 0.717) is 21.9 Å². The van der Waals surface area contributed by atoms with E-state index in [-0.39, 0.29) is 12.0 Å². The molecule has 1 aromatic rings. The summed E-state index contributed by atoms with van der Waals surface area (Å²) in [6.45, 7) is 1.49. The summed E-state index contributed by atoms with van der Waals surface area (Å²) in [7, 11) is 1.48. The zero-order chi connectivity index (χ0) is 16.5. The Bertz CT molecular complexity index is 704. The molecule has 0 aromatic heterocycles. The zero-order valence-corrected chi connectivity index (χ0v) is 12.8. The van der Waals surface area contributed by atoms with Gasteiger partial charge in [0.15, 0.2) is 0 Å². The Balaban J connectivity index is 2.65. The maximum absolute atomic E-state index is 11.5. The van der Waals surface area contributed by atoms with Crippen LogP contribution in [0.4, 0.5) is 0 Å². The molecule has 6 heteroatoms. The van der Waals surface area contributed by atoms with E-state index < -0.39 is 17.4 Å². The van der Waals surface area contributed by atoms with Gasteiger partial charge < -0.3 is 14.9 Å². The quantitative estimate of drug-likeness (QED) is 0.889. The van der Waals surface area contributed by atoms with E-state index >= 15 is 0 Å². The van der Waals surface area contributed by atoms with Crippen molar-refractivity contribution in [2.75, 3.05) is 7.11 Å². The molecule has 0 fully saturated rings. The second-order valence-electron chi connectivity index (χ2n) is 5.32. The van der Waals surface area contributed by atoms with Gasteiger partial charge in [-0.25, -0.2) is 4.79 Å². The van der Waals surface area contributed by atoms with Gasteiger partial charge in [-0.15, -0.1) is 0 Å². The lowest BCUT2D eigenvalue weighted by atomic mass is 9.76. The van der Waals surface area contributed by atoms with Gasteiger partial charge in [-0.05, 0) is 43.2 Å². The lowest BCUT2D eigenvalue weighted by molar-refractivity contribution is -0.145. The molecule has 2 rings (SSSR count). The largest absolute Gasteiger partial charge is 0.496 e. The topological polar surface area (TPSA) is 83.8 Å². The fourth-order valence-electron chi connectivity index (χ4n) is 2.41. The predicted molar refractivity (Wildman–Crippen MR) is 82.1 cm³/mol. The van der Waals surface area contributed by atoms with Crippen LogP contribution >= 0.6 is 11.6 Å². The minimum Gasteiger partial charge on any atom is -0.496 e. The number of benzene rings is 1. The van der Waals surface area contributed by atoms with Crippen LogP contribution in [-0.2, 0) is 9.59 Å². The highest BCUT2D eigenvalue weighted by Gasteiger charge is 2.37. The van der Waals surface area contributed by atoms with Crippen molar-refractivity contribution in [3.63, 3.8) is 0 Å². The Morgan fingerprint density at radius 1 is 1.32 bits per heavy atom. The van der Waals surface area contributed by atoms with E-state index in [2.05, 4.69) is 0 Å². The summed E-state index contributed by atoms with van der Waals surface area (Å²) >= 11 is 5.99. The lowest BCUT2D eigenvalue weighted by Gasteiger charge is -2.27.